The van der Waals surface area contributed by atoms with Gasteiger partial charge in [0.15, 0.2) is 0 Å². The van der Waals surface area contributed by atoms with Gasteiger partial charge in [0, 0.05) is 16.6 Å². The lowest BCUT2D eigenvalue weighted by atomic mass is 10.3. The fraction of sp³-hybridized carbons (Fsp3) is 0.333. The third-order valence-corrected chi connectivity index (χ3v) is 3.14. The van der Waals surface area contributed by atoms with Crippen molar-refractivity contribution in [2.45, 2.75) is 17.7 Å². The Morgan fingerprint density at radius 2 is 2.33 bits per heavy atom. The summed E-state index contributed by atoms with van der Waals surface area (Å²) in [6.07, 6.45) is 4.15. The number of allylic oxidation sites excluding steroid dienone is 1. The average Bonchev–Trinajstić information content (AvgIpc) is 2.26. The molecule has 82 valence electrons. The molecule has 0 aliphatic carbocycles. The molecule has 0 aliphatic rings. The Bertz CT molecular complexity index is 325. The monoisotopic (exact) mass is 223 g/mol. The molecular formula is C12H17NOS. The summed E-state index contributed by atoms with van der Waals surface area (Å²) in [5, 5.41) is 0. The number of hydrogen-bond donors (Lipinski definition) is 1. The van der Waals surface area contributed by atoms with E-state index in [2.05, 4.69) is 6.58 Å². The average molecular weight is 223 g/mol. The van der Waals surface area contributed by atoms with Crippen LogP contribution in [0.4, 0.5) is 5.69 Å². The van der Waals surface area contributed by atoms with Crippen LogP contribution in [0.25, 0.3) is 0 Å². The number of thioether (sulfide) groups is 1. The molecule has 0 amide bonds. The molecule has 15 heavy (non-hydrogen) atoms. The summed E-state index contributed by atoms with van der Waals surface area (Å²) in [6.45, 7) is 3.70. The zero-order valence-corrected chi connectivity index (χ0v) is 9.85. The molecule has 0 unspecified atom stereocenters. The molecule has 1 aromatic rings. The number of methoxy groups -OCH3 is 1. The number of ether oxygens (including phenoxy) is 1. The Balaban J connectivity index is 2.55. The van der Waals surface area contributed by atoms with E-state index in [0.717, 1.165) is 34.9 Å². The summed E-state index contributed by atoms with van der Waals surface area (Å²) < 4.78 is 5.26. The fourth-order valence-corrected chi connectivity index (χ4v) is 2.19. The SMILES string of the molecule is C=CCCCSc1ccc(N)cc1OC. The van der Waals surface area contributed by atoms with Crippen LogP contribution in [0.1, 0.15) is 12.8 Å². The summed E-state index contributed by atoms with van der Waals surface area (Å²) >= 11 is 1.79. The van der Waals surface area contributed by atoms with Crippen LogP contribution in [-0.2, 0) is 0 Å². The first-order valence-electron chi connectivity index (χ1n) is 4.95. The highest BCUT2D eigenvalue weighted by Gasteiger charge is 2.03. The van der Waals surface area contributed by atoms with Crippen LogP contribution in [0.2, 0.25) is 0 Å². The van der Waals surface area contributed by atoms with Crippen LogP contribution in [-0.4, -0.2) is 12.9 Å². The summed E-state index contributed by atoms with van der Waals surface area (Å²) in [7, 11) is 1.67. The first-order valence-corrected chi connectivity index (χ1v) is 5.93. The second-order valence-electron chi connectivity index (χ2n) is 3.19. The molecule has 0 saturated carbocycles. The van der Waals surface area contributed by atoms with E-state index in [4.69, 9.17) is 10.5 Å². The van der Waals surface area contributed by atoms with Crippen molar-refractivity contribution in [3.63, 3.8) is 0 Å². The molecular weight excluding hydrogens is 206 g/mol. The summed E-state index contributed by atoms with van der Waals surface area (Å²) in [6, 6.07) is 5.76. The predicted molar refractivity (Wildman–Crippen MR) is 67.6 cm³/mol. The number of anilines is 1. The molecule has 0 fully saturated rings. The van der Waals surface area contributed by atoms with Crippen molar-refractivity contribution in [1.82, 2.24) is 0 Å². The first-order chi connectivity index (χ1) is 7.27. The van der Waals surface area contributed by atoms with Crippen molar-refractivity contribution < 1.29 is 4.74 Å². The summed E-state index contributed by atoms with van der Waals surface area (Å²) in [5.74, 6) is 1.94. The van der Waals surface area contributed by atoms with Gasteiger partial charge < -0.3 is 10.5 Å². The van der Waals surface area contributed by atoms with Gasteiger partial charge in [0.1, 0.15) is 5.75 Å². The molecule has 0 bridgehead atoms. The number of hydrogen-bond acceptors (Lipinski definition) is 3. The molecule has 0 aromatic heterocycles. The van der Waals surface area contributed by atoms with Gasteiger partial charge in [0.2, 0.25) is 0 Å². The zero-order valence-electron chi connectivity index (χ0n) is 9.03. The van der Waals surface area contributed by atoms with Gasteiger partial charge in [-0.3, -0.25) is 0 Å². The van der Waals surface area contributed by atoms with Gasteiger partial charge in [-0.25, -0.2) is 0 Å². The minimum atomic E-state index is 0.738. The molecule has 2 nitrogen and oxygen atoms in total. The van der Waals surface area contributed by atoms with Crippen LogP contribution in [0.3, 0.4) is 0 Å². The van der Waals surface area contributed by atoms with Crippen molar-refractivity contribution in [3.05, 3.63) is 30.9 Å². The van der Waals surface area contributed by atoms with E-state index in [9.17, 15) is 0 Å². The predicted octanol–water partition coefficient (Wildman–Crippen LogP) is 3.34. The molecule has 0 atom stereocenters. The maximum Gasteiger partial charge on any atom is 0.134 e. The van der Waals surface area contributed by atoms with Crippen LogP contribution in [0.5, 0.6) is 5.75 Å². The first kappa shape index (κ1) is 12.0. The van der Waals surface area contributed by atoms with Crippen molar-refractivity contribution >= 4 is 17.4 Å². The lowest BCUT2D eigenvalue weighted by Gasteiger charge is -2.08. The number of unbranched alkanes of at least 4 members (excludes halogenated alkanes) is 1. The quantitative estimate of drug-likeness (QED) is 0.348. The van der Waals surface area contributed by atoms with Gasteiger partial charge in [-0.2, -0.15) is 0 Å². The third-order valence-electron chi connectivity index (χ3n) is 2.00. The Labute approximate surface area is 95.5 Å². The second kappa shape index (κ2) is 6.40. The normalized spacial score (nSPS) is 9.93. The van der Waals surface area contributed by atoms with E-state index in [0.29, 0.717) is 0 Å². The molecule has 0 heterocycles. The topological polar surface area (TPSA) is 35.2 Å². The minimum Gasteiger partial charge on any atom is -0.496 e. The summed E-state index contributed by atoms with van der Waals surface area (Å²) in [5.41, 5.74) is 6.42. The largest absolute Gasteiger partial charge is 0.496 e. The molecule has 3 heteroatoms. The Hall–Kier alpha value is -1.09. The van der Waals surface area contributed by atoms with Gasteiger partial charge in [-0.1, -0.05) is 6.08 Å². The highest BCUT2D eigenvalue weighted by atomic mass is 32.2. The van der Waals surface area contributed by atoms with Gasteiger partial charge in [-0.05, 0) is 30.7 Å². The van der Waals surface area contributed by atoms with E-state index < -0.39 is 0 Å². The van der Waals surface area contributed by atoms with E-state index in [1.165, 1.54) is 0 Å². The van der Waals surface area contributed by atoms with Gasteiger partial charge >= 0.3 is 0 Å². The third kappa shape index (κ3) is 3.88. The molecule has 2 N–H and O–H groups in total. The Kier molecular flexibility index (Phi) is 5.12. The van der Waals surface area contributed by atoms with Gasteiger partial charge in [0.25, 0.3) is 0 Å². The van der Waals surface area contributed by atoms with Crippen LogP contribution in [0.15, 0.2) is 35.7 Å². The molecule has 0 saturated heterocycles. The molecule has 0 aliphatic heterocycles. The lowest BCUT2D eigenvalue weighted by Crippen LogP contribution is -1.90. The minimum absolute atomic E-state index is 0.738. The highest BCUT2D eigenvalue weighted by molar-refractivity contribution is 7.99. The molecule has 0 radical (unpaired) electrons. The smallest absolute Gasteiger partial charge is 0.134 e. The maximum absolute atomic E-state index is 5.68. The number of nitrogen functional groups attached to an aromatic ring is 1. The Morgan fingerprint density at radius 1 is 1.53 bits per heavy atom. The maximum atomic E-state index is 5.68. The lowest BCUT2D eigenvalue weighted by molar-refractivity contribution is 0.405. The zero-order chi connectivity index (χ0) is 11.1. The molecule has 1 rings (SSSR count). The van der Waals surface area contributed by atoms with Gasteiger partial charge in [-0.15, -0.1) is 18.3 Å². The van der Waals surface area contributed by atoms with Crippen molar-refractivity contribution in [3.8, 4) is 5.75 Å². The molecule has 0 spiro atoms. The number of benzene rings is 1. The van der Waals surface area contributed by atoms with E-state index >= 15 is 0 Å². The number of nitrogens with two attached hydrogens (primary N) is 1. The second-order valence-corrected chi connectivity index (χ2v) is 4.33. The Morgan fingerprint density at radius 3 is 3.00 bits per heavy atom. The van der Waals surface area contributed by atoms with E-state index in [-0.39, 0.29) is 0 Å². The van der Waals surface area contributed by atoms with Crippen LogP contribution < -0.4 is 10.5 Å². The van der Waals surface area contributed by atoms with Crippen LogP contribution in [0, 0.1) is 0 Å². The van der Waals surface area contributed by atoms with Crippen molar-refractivity contribution in [2.24, 2.45) is 0 Å². The van der Waals surface area contributed by atoms with E-state index in [1.807, 2.05) is 24.3 Å². The highest BCUT2D eigenvalue weighted by Crippen LogP contribution is 2.31. The standard InChI is InChI=1S/C12H17NOS/c1-3-4-5-8-15-12-7-6-10(13)9-11(12)14-2/h3,6-7,9H,1,4-5,8,13H2,2H3. The van der Waals surface area contributed by atoms with Crippen molar-refractivity contribution in [1.29, 1.82) is 0 Å². The molecule has 1 aromatic carbocycles. The number of rotatable bonds is 6. The van der Waals surface area contributed by atoms with Crippen LogP contribution >= 0.6 is 11.8 Å². The van der Waals surface area contributed by atoms with E-state index in [1.54, 1.807) is 18.9 Å². The fourth-order valence-electron chi connectivity index (χ4n) is 1.21. The van der Waals surface area contributed by atoms with Gasteiger partial charge in [0.05, 0.1) is 7.11 Å². The van der Waals surface area contributed by atoms with Crippen molar-refractivity contribution in [2.75, 3.05) is 18.6 Å². The summed E-state index contributed by atoms with van der Waals surface area (Å²) in [4.78, 5) is 1.15.